The molecule has 0 atom stereocenters. The van der Waals surface area contributed by atoms with Crippen LogP contribution in [0.1, 0.15) is 15.9 Å². The predicted molar refractivity (Wildman–Crippen MR) is 95.5 cm³/mol. The summed E-state index contributed by atoms with van der Waals surface area (Å²) in [5.74, 6) is -0.625. The number of allylic oxidation sites excluding steroid dienone is 2. The van der Waals surface area contributed by atoms with Crippen molar-refractivity contribution in [1.82, 2.24) is 0 Å². The van der Waals surface area contributed by atoms with Gasteiger partial charge in [-0.3, -0.25) is 14.9 Å². The topological polar surface area (TPSA) is 144 Å². The highest BCUT2D eigenvalue weighted by Crippen LogP contribution is 2.28. The number of nitro benzene ring substituents is 1. The summed E-state index contributed by atoms with van der Waals surface area (Å²) >= 11 is 6.03. The zero-order valence-corrected chi connectivity index (χ0v) is 14.2. The van der Waals surface area contributed by atoms with E-state index >= 15 is 0 Å². The largest absolute Gasteiger partial charge is 0.345 e. The number of carbonyl (C=O) groups excluding carboxylic acids is 1. The normalized spacial score (nSPS) is 9.26. The standard InChI is InChI=1S/C18H8ClN5O3/c19-15-4-2-1-3-13(15)18(25)14-7-12(24(26)27)5-6-16(14)23-17(10-22)11(8-20)9-21/h1-7,23H. The van der Waals surface area contributed by atoms with E-state index in [0.29, 0.717) is 0 Å². The molecule has 0 fully saturated rings. The van der Waals surface area contributed by atoms with Crippen molar-refractivity contribution < 1.29 is 9.72 Å². The lowest BCUT2D eigenvalue weighted by Crippen LogP contribution is -2.09. The van der Waals surface area contributed by atoms with E-state index in [0.717, 1.165) is 12.1 Å². The fourth-order valence-corrected chi connectivity index (χ4v) is 2.37. The molecular weight excluding hydrogens is 370 g/mol. The number of nitro groups is 1. The molecule has 1 N–H and O–H groups in total. The van der Waals surface area contributed by atoms with Crippen molar-refractivity contribution in [3.05, 3.63) is 80.0 Å². The van der Waals surface area contributed by atoms with Crippen LogP contribution in [0.3, 0.4) is 0 Å². The van der Waals surface area contributed by atoms with Crippen LogP contribution in [-0.4, -0.2) is 10.7 Å². The van der Waals surface area contributed by atoms with Crippen molar-refractivity contribution in [2.75, 3.05) is 5.32 Å². The maximum Gasteiger partial charge on any atom is 0.270 e. The zero-order valence-electron chi connectivity index (χ0n) is 13.4. The summed E-state index contributed by atoms with van der Waals surface area (Å²) in [6.07, 6.45) is 0. The van der Waals surface area contributed by atoms with Gasteiger partial charge in [-0.15, -0.1) is 0 Å². The Hall–Kier alpha value is -4.19. The molecule has 0 amide bonds. The number of ketones is 1. The van der Waals surface area contributed by atoms with E-state index in [-0.39, 0.29) is 33.2 Å². The Morgan fingerprint density at radius 3 is 2.26 bits per heavy atom. The Kier molecular flexibility index (Phi) is 5.86. The number of anilines is 1. The van der Waals surface area contributed by atoms with Gasteiger partial charge in [0.1, 0.15) is 23.9 Å². The Balaban J connectivity index is 2.65. The molecule has 0 saturated carbocycles. The number of non-ortho nitro benzene ring substituents is 1. The molecule has 2 aromatic rings. The third kappa shape index (κ3) is 4.08. The minimum atomic E-state index is -0.676. The van der Waals surface area contributed by atoms with E-state index in [4.69, 9.17) is 27.4 Å². The molecule has 8 nitrogen and oxygen atoms in total. The molecule has 0 aliphatic carbocycles. The van der Waals surface area contributed by atoms with Crippen molar-refractivity contribution in [3.8, 4) is 18.2 Å². The number of nitrogens with one attached hydrogen (secondary N) is 1. The van der Waals surface area contributed by atoms with E-state index in [1.165, 1.54) is 18.2 Å². The average molecular weight is 378 g/mol. The van der Waals surface area contributed by atoms with Gasteiger partial charge in [-0.25, -0.2) is 0 Å². The fraction of sp³-hybridized carbons (Fsp3) is 0. The lowest BCUT2D eigenvalue weighted by Gasteiger charge is -2.11. The van der Waals surface area contributed by atoms with Gasteiger partial charge in [-0.2, -0.15) is 15.8 Å². The summed E-state index contributed by atoms with van der Waals surface area (Å²) in [6, 6.07) is 14.3. The van der Waals surface area contributed by atoms with Crippen molar-refractivity contribution >= 4 is 28.8 Å². The van der Waals surface area contributed by atoms with Gasteiger partial charge in [-0.05, 0) is 18.2 Å². The van der Waals surface area contributed by atoms with Crippen LogP contribution in [-0.2, 0) is 0 Å². The second-order valence-electron chi connectivity index (χ2n) is 5.01. The van der Waals surface area contributed by atoms with Crippen molar-refractivity contribution in [3.63, 3.8) is 0 Å². The number of carbonyl (C=O) groups is 1. The Labute approximate surface area is 158 Å². The quantitative estimate of drug-likeness (QED) is 0.361. The maximum absolute atomic E-state index is 12.9. The first-order chi connectivity index (χ1) is 12.9. The first kappa shape index (κ1) is 19.1. The van der Waals surface area contributed by atoms with Gasteiger partial charge in [0.15, 0.2) is 11.4 Å². The van der Waals surface area contributed by atoms with Gasteiger partial charge in [0, 0.05) is 17.7 Å². The molecule has 0 spiro atoms. The molecule has 0 aliphatic heterocycles. The van der Waals surface area contributed by atoms with Gasteiger partial charge >= 0.3 is 0 Å². The number of hydrogen-bond acceptors (Lipinski definition) is 7. The van der Waals surface area contributed by atoms with Gasteiger partial charge in [0.25, 0.3) is 5.69 Å². The molecule has 2 aromatic carbocycles. The molecule has 130 valence electrons. The lowest BCUT2D eigenvalue weighted by molar-refractivity contribution is -0.384. The number of benzene rings is 2. The van der Waals surface area contributed by atoms with Gasteiger partial charge in [-0.1, -0.05) is 23.7 Å². The van der Waals surface area contributed by atoms with Crippen molar-refractivity contribution in [2.45, 2.75) is 0 Å². The third-order valence-electron chi connectivity index (χ3n) is 3.42. The molecule has 27 heavy (non-hydrogen) atoms. The Morgan fingerprint density at radius 2 is 1.70 bits per heavy atom. The van der Waals surface area contributed by atoms with E-state index in [2.05, 4.69) is 5.32 Å². The summed E-state index contributed by atoms with van der Waals surface area (Å²) in [6.45, 7) is 0. The summed E-state index contributed by atoms with van der Waals surface area (Å²) < 4.78 is 0. The molecule has 9 heteroatoms. The van der Waals surface area contributed by atoms with Crippen LogP contribution in [0.5, 0.6) is 0 Å². The van der Waals surface area contributed by atoms with E-state index < -0.39 is 16.3 Å². The van der Waals surface area contributed by atoms with Gasteiger partial charge in [0.2, 0.25) is 0 Å². The van der Waals surface area contributed by atoms with Crippen LogP contribution in [0.25, 0.3) is 0 Å². The van der Waals surface area contributed by atoms with Crippen LogP contribution in [0.15, 0.2) is 53.7 Å². The highest BCUT2D eigenvalue weighted by molar-refractivity contribution is 6.35. The second-order valence-corrected chi connectivity index (χ2v) is 5.41. The van der Waals surface area contributed by atoms with E-state index in [1.54, 1.807) is 30.3 Å². The number of hydrogen-bond donors (Lipinski definition) is 1. The van der Waals surface area contributed by atoms with Crippen LogP contribution in [0, 0.1) is 44.1 Å². The molecule has 0 aromatic heterocycles. The maximum atomic E-state index is 12.9. The first-order valence-electron chi connectivity index (χ1n) is 7.22. The number of halogens is 1. The molecule has 0 aliphatic rings. The lowest BCUT2D eigenvalue weighted by atomic mass is 10.0. The Morgan fingerprint density at radius 1 is 1.04 bits per heavy atom. The second kappa shape index (κ2) is 8.26. The summed E-state index contributed by atoms with van der Waals surface area (Å²) in [4.78, 5) is 23.3. The molecule has 0 unspecified atom stereocenters. The first-order valence-corrected chi connectivity index (χ1v) is 7.60. The zero-order chi connectivity index (χ0) is 20.0. The summed E-state index contributed by atoms with van der Waals surface area (Å²) in [5, 5.41) is 40.7. The monoisotopic (exact) mass is 377 g/mol. The van der Waals surface area contributed by atoms with Crippen LogP contribution in [0.2, 0.25) is 5.02 Å². The predicted octanol–water partition coefficient (Wildman–Crippen LogP) is 3.72. The van der Waals surface area contributed by atoms with Crippen LogP contribution < -0.4 is 5.32 Å². The molecule has 0 saturated heterocycles. The fourth-order valence-electron chi connectivity index (χ4n) is 2.15. The number of nitriles is 3. The van der Waals surface area contributed by atoms with Crippen molar-refractivity contribution in [2.24, 2.45) is 0 Å². The van der Waals surface area contributed by atoms with E-state index in [1.807, 2.05) is 0 Å². The summed E-state index contributed by atoms with van der Waals surface area (Å²) in [5.41, 5.74) is -1.25. The molecule has 0 heterocycles. The highest BCUT2D eigenvalue weighted by Gasteiger charge is 2.21. The summed E-state index contributed by atoms with van der Waals surface area (Å²) in [7, 11) is 0. The minimum Gasteiger partial charge on any atom is -0.345 e. The number of nitrogens with zero attached hydrogens (tertiary/aromatic N) is 4. The molecule has 2 rings (SSSR count). The molecule has 0 bridgehead atoms. The molecule has 0 radical (unpaired) electrons. The number of rotatable bonds is 5. The van der Waals surface area contributed by atoms with Gasteiger partial charge < -0.3 is 5.32 Å². The van der Waals surface area contributed by atoms with Crippen LogP contribution >= 0.6 is 11.6 Å². The average Bonchev–Trinajstić information content (AvgIpc) is 2.67. The highest BCUT2D eigenvalue weighted by atomic mass is 35.5. The van der Waals surface area contributed by atoms with Crippen LogP contribution in [0.4, 0.5) is 11.4 Å². The smallest absolute Gasteiger partial charge is 0.270 e. The molecular formula is C18H8ClN5O3. The van der Waals surface area contributed by atoms with Gasteiger partial charge in [0.05, 0.1) is 21.2 Å². The van der Waals surface area contributed by atoms with E-state index in [9.17, 15) is 14.9 Å². The Bertz CT molecular complexity index is 1090. The SMILES string of the molecule is N#CC(C#N)=C(C#N)Nc1ccc([N+](=O)[O-])cc1C(=O)c1ccccc1Cl. The van der Waals surface area contributed by atoms with Crippen molar-refractivity contribution in [1.29, 1.82) is 15.8 Å². The third-order valence-corrected chi connectivity index (χ3v) is 3.75. The minimum absolute atomic E-state index is 0.0186.